The van der Waals surface area contributed by atoms with Gasteiger partial charge in [-0.25, -0.2) is 9.48 Å². The van der Waals surface area contributed by atoms with Crippen molar-refractivity contribution in [1.82, 2.24) is 15.1 Å². The summed E-state index contributed by atoms with van der Waals surface area (Å²) in [5.41, 5.74) is -0.742. The highest BCUT2D eigenvalue weighted by Crippen LogP contribution is 2.43. The van der Waals surface area contributed by atoms with Crippen molar-refractivity contribution >= 4 is 30.0 Å². The normalized spacial score (nSPS) is 16.4. The molecule has 3 aromatic carbocycles. The van der Waals surface area contributed by atoms with Gasteiger partial charge in [-0.05, 0) is 54.6 Å². The Morgan fingerprint density at radius 1 is 1.04 bits per heavy atom. The van der Waals surface area contributed by atoms with Gasteiger partial charge in [0.1, 0.15) is 5.75 Å². The summed E-state index contributed by atoms with van der Waals surface area (Å²) < 4.78 is 85.1. The number of amides is 1. The molecule has 1 unspecified atom stereocenters. The summed E-state index contributed by atoms with van der Waals surface area (Å²) in [6.45, 7) is -0.0340. The van der Waals surface area contributed by atoms with Gasteiger partial charge in [0.15, 0.2) is 23.3 Å². The maximum atomic E-state index is 14.1. The molecule has 1 aromatic heterocycles. The zero-order chi connectivity index (χ0) is 31.4. The summed E-state index contributed by atoms with van der Waals surface area (Å²) in [4.78, 5) is 25.8. The van der Waals surface area contributed by atoms with Gasteiger partial charge in [0, 0.05) is 43.0 Å². The molecule has 45 heavy (non-hydrogen) atoms. The van der Waals surface area contributed by atoms with Crippen molar-refractivity contribution in [1.29, 1.82) is 0 Å². The number of benzene rings is 3. The lowest BCUT2D eigenvalue weighted by Crippen LogP contribution is -2.33. The number of carbonyl (C=O) groups is 2. The fraction of sp³-hybridized carbons (Fsp3) is 0.207. The monoisotopic (exact) mass is 652 g/mol. The van der Waals surface area contributed by atoms with Crippen LogP contribution in [0.1, 0.15) is 43.8 Å². The number of fused-ring (bicyclic) bond motifs is 2. The minimum atomic E-state index is -4.80. The van der Waals surface area contributed by atoms with E-state index in [0.717, 1.165) is 9.58 Å². The molecule has 0 bridgehead atoms. The first-order valence-electron chi connectivity index (χ1n) is 13.0. The van der Waals surface area contributed by atoms with Crippen molar-refractivity contribution < 1.29 is 50.9 Å². The number of rotatable bonds is 6. The van der Waals surface area contributed by atoms with Crippen LogP contribution in [0.2, 0.25) is 0 Å². The first kappa shape index (κ1) is 31.5. The number of carbonyl (C=O) groups excluding carboxylic acids is 1. The van der Waals surface area contributed by atoms with Crippen LogP contribution in [0.3, 0.4) is 0 Å². The number of carboxylic acids is 1. The first-order chi connectivity index (χ1) is 20.8. The van der Waals surface area contributed by atoms with Crippen molar-refractivity contribution in [3.05, 3.63) is 94.8 Å². The molecule has 4 aromatic rings. The Morgan fingerprint density at radius 2 is 1.76 bits per heavy atom. The van der Waals surface area contributed by atoms with Gasteiger partial charge in [-0.2, -0.15) is 18.3 Å². The zero-order valence-corrected chi connectivity index (χ0v) is 23.8. The lowest BCUT2D eigenvalue weighted by molar-refractivity contribution is -0.286. The number of carboxylic acid groups (broad SMARTS) is 1. The first-order valence-corrected chi connectivity index (χ1v) is 13.0. The van der Waals surface area contributed by atoms with Gasteiger partial charge in [-0.1, -0.05) is 6.07 Å². The Balaban J connectivity index is 0.00000400. The van der Waals surface area contributed by atoms with Gasteiger partial charge in [-0.15, -0.1) is 21.2 Å². The number of alkyl halides is 5. The third-order valence-corrected chi connectivity index (χ3v) is 7.02. The predicted molar refractivity (Wildman–Crippen MR) is 150 cm³/mol. The van der Waals surface area contributed by atoms with Crippen LogP contribution in [-0.4, -0.2) is 46.7 Å². The molecule has 0 saturated heterocycles. The molecule has 3 heterocycles. The molecule has 1 amide bonds. The van der Waals surface area contributed by atoms with Crippen LogP contribution in [0.4, 0.5) is 27.6 Å². The molecular weight excluding hydrogens is 631 g/mol. The van der Waals surface area contributed by atoms with E-state index < -0.39 is 36.1 Å². The van der Waals surface area contributed by atoms with Crippen LogP contribution in [-0.2, 0) is 12.7 Å². The maximum absolute atomic E-state index is 14.1. The summed E-state index contributed by atoms with van der Waals surface area (Å²) in [7, 11) is 1.40. The Labute approximate surface area is 257 Å². The van der Waals surface area contributed by atoms with Crippen LogP contribution in [0.5, 0.6) is 17.2 Å². The smallest absolute Gasteiger partial charge is 0.483 e. The third kappa shape index (κ3) is 6.08. The molecule has 6 rings (SSSR count). The molecule has 0 fully saturated rings. The summed E-state index contributed by atoms with van der Waals surface area (Å²) in [5, 5.41) is 15.9. The number of aromatic nitrogens is 2. The standard InChI is InChI=1S/C29H21F5N4O6.ClH/c1-37(17-7-10-21-22(12-17)44-29(33,34)43-21)26(39)16-3-2-4-18(11-16)38-24-20(25(36-38)28(30,31)32)13-35-14-23(24)42-19-8-5-15(6-9-19)27(40)41;/h2-12,23,35H,13-14H2,1H3,(H,40,41);1H. The van der Waals surface area contributed by atoms with Crippen LogP contribution in [0.15, 0.2) is 66.7 Å². The number of hydrogen-bond donors (Lipinski definition) is 2. The number of hydrogen-bond acceptors (Lipinski definition) is 7. The van der Waals surface area contributed by atoms with E-state index in [2.05, 4.69) is 19.9 Å². The lowest BCUT2D eigenvalue weighted by Gasteiger charge is -2.26. The van der Waals surface area contributed by atoms with Gasteiger partial charge >= 0.3 is 18.4 Å². The van der Waals surface area contributed by atoms with E-state index in [9.17, 15) is 31.5 Å². The summed E-state index contributed by atoms with van der Waals surface area (Å²) in [6.07, 6.45) is -9.60. The molecule has 2 N–H and O–H groups in total. The molecule has 0 saturated carbocycles. The van der Waals surface area contributed by atoms with E-state index in [0.29, 0.717) is 0 Å². The minimum Gasteiger partial charge on any atom is -0.483 e. The Morgan fingerprint density at radius 3 is 2.44 bits per heavy atom. The molecule has 2 aliphatic rings. The highest BCUT2D eigenvalue weighted by Gasteiger charge is 2.44. The van der Waals surface area contributed by atoms with Crippen molar-refractivity contribution in [2.75, 3.05) is 18.5 Å². The lowest BCUT2D eigenvalue weighted by atomic mass is 10.0. The van der Waals surface area contributed by atoms with Crippen molar-refractivity contribution in [3.63, 3.8) is 0 Å². The fourth-order valence-electron chi connectivity index (χ4n) is 4.98. The molecule has 236 valence electrons. The number of aromatic carboxylic acids is 1. The number of nitrogens with zero attached hydrogens (tertiary/aromatic N) is 3. The van der Waals surface area contributed by atoms with Gasteiger partial charge in [0.05, 0.1) is 16.9 Å². The number of ether oxygens (including phenoxy) is 3. The second kappa shape index (κ2) is 11.6. The molecule has 10 nitrogen and oxygen atoms in total. The molecule has 0 aliphatic carbocycles. The van der Waals surface area contributed by atoms with Gasteiger partial charge in [0.2, 0.25) is 0 Å². The highest BCUT2D eigenvalue weighted by molar-refractivity contribution is 6.06. The minimum absolute atomic E-state index is 0. The molecule has 1 atom stereocenters. The summed E-state index contributed by atoms with van der Waals surface area (Å²) in [5.74, 6) is -1.98. The molecule has 0 radical (unpaired) electrons. The number of anilines is 1. The van der Waals surface area contributed by atoms with E-state index >= 15 is 0 Å². The fourth-order valence-corrected chi connectivity index (χ4v) is 4.98. The topological polar surface area (TPSA) is 115 Å². The van der Waals surface area contributed by atoms with E-state index in [1.165, 1.54) is 73.8 Å². The average Bonchev–Trinajstić information content (AvgIpc) is 3.53. The molecule has 16 heteroatoms. The van der Waals surface area contributed by atoms with E-state index in [1.807, 2.05) is 0 Å². The number of halogens is 6. The second-order valence-electron chi connectivity index (χ2n) is 9.90. The van der Waals surface area contributed by atoms with Gasteiger partial charge in [-0.3, -0.25) is 4.79 Å². The summed E-state index contributed by atoms with van der Waals surface area (Å²) >= 11 is 0. The Kier molecular flexibility index (Phi) is 8.10. The quantitative estimate of drug-likeness (QED) is 0.250. The SMILES string of the molecule is CN(C(=O)c1cccc(-n2nc(C(F)(F)F)c3c2C(Oc2ccc(C(=O)O)cc2)CNC3)c1)c1ccc2c(c1)OC(F)(F)O2.Cl. The van der Waals surface area contributed by atoms with E-state index in [4.69, 9.17) is 9.84 Å². The van der Waals surface area contributed by atoms with Crippen LogP contribution in [0.25, 0.3) is 5.69 Å². The van der Waals surface area contributed by atoms with Crippen molar-refractivity contribution in [3.8, 4) is 22.9 Å². The van der Waals surface area contributed by atoms with Crippen LogP contribution in [0, 0.1) is 0 Å². The average molecular weight is 653 g/mol. The summed E-state index contributed by atoms with van der Waals surface area (Å²) in [6, 6.07) is 15.0. The number of nitrogens with one attached hydrogen (secondary N) is 1. The van der Waals surface area contributed by atoms with E-state index in [-0.39, 0.29) is 76.5 Å². The maximum Gasteiger partial charge on any atom is 0.586 e. The van der Waals surface area contributed by atoms with Crippen LogP contribution < -0.4 is 24.4 Å². The molecule has 2 aliphatic heterocycles. The second-order valence-corrected chi connectivity index (χ2v) is 9.90. The Hall–Kier alpha value is -4.89. The van der Waals surface area contributed by atoms with Crippen molar-refractivity contribution in [2.24, 2.45) is 0 Å². The molecular formula is C29H22ClF5N4O6. The highest BCUT2D eigenvalue weighted by atomic mass is 35.5. The largest absolute Gasteiger partial charge is 0.586 e. The van der Waals surface area contributed by atoms with Gasteiger partial charge in [0.25, 0.3) is 5.91 Å². The molecule has 0 spiro atoms. The zero-order valence-electron chi connectivity index (χ0n) is 23.0. The third-order valence-electron chi connectivity index (χ3n) is 7.02. The van der Waals surface area contributed by atoms with Gasteiger partial charge < -0.3 is 29.5 Å². The van der Waals surface area contributed by atoms with E-state index in [1.54, 1.807) is 0 Å². The Bertz CT molecular complexity index is 1780. The van der Waals surface area contributed by atoms with Crippen LogP contribution >= 0.6 is 12.4 Å². The predicted octanol–water partition coefficient (Wildman–Crippen LogP) is 5.83. The van der Waals surface area contributed by atoms with Crippen molar-refractivity contribution in [2.45, 2.75) is 25.1 Å².